The third-order valence-corrected chi connectivity index (χ3v) is 3.36. The summed E-state index contributed by atoms with van der Waals surface area (Å²) in [4.78, 5) is 24.2. The second-order valence-electron chi connectivity index (χ2n) is 5.65. The molecule has 1 amide bonds. The molecule has 2 N–H and O–H groups in total. The van der Waals surface area contributed by atoms with Crippen molar-refractivity contribution in [3.05, 3.63) is 47.8 Å². The quantitative estimate of drug-likeness (QED) is 0.780. The maximum atomic E-state index is 12.2. The molecule has 2 aromatic heterocycles. The van der Waals surface area contributed by atoms with Gasteiger partial charge in [-0.1, -0.05) is 23.8 Å². The van der Waals surface area contributed by atoms with Crippen LogP contribution in [-0.4, -0.2) is 26.9 Å². The molecule has 0 radical (unpaired) electrons. The van der Waals surface area contributed by atoms with Gasteiger partial charge in [-0.05, 0) is 26.8 Å². The first-order valence-corrected chi connectivity index (χ1v) is 7.26. The molecule has 0 atom stereocenters. The zero-order chi connectivity index (χ0) is 15.7. The molecule has 112 valence electrons. The van der Waals surface area contributed by atoms with Gasteiger partial charge < -0.3 is 10.3 Å². The van der Waals surface area contributed by atoms with E-state index in [1.165, 1.54) is 0 Å². The van der Waals surface area contributed by atoms with Crippen molar-refractivity contribution < 1.29 is 4.79 Å². The van der Waals surface area contributed by atoms with Crippen molar-refractivity contribution >= 4 is 17.1 Å². The van der Waals surface area contributed by atoms with Gasteiger partial charge in [-0.2, -0.15) is 0 Å². The predicted octanol–water partition coefficient (Wildman–Crippen LogP) is 3.07. The van der Waals surface area contributed by atoms with Gasteiger partial charge in [-0.3, -0.25) is 4.79 Å². The Bertz CT molecular complexity index is 836. The van der Waals surface area contributed by atoms with E-state index in [2.05, 4.69) is 26.3 Å². The summed E-state index contributed by atoms with van der Waals surface area (Å²) >= 11 is 0. The number of nitrogens with one attached hydrogen (secondary N) is 2. The molecule has 0 fully saturated rings. The zero-order valence-electron chi connectivity index (χ0n) is 12.8. The summed E-state index contributed by atoms with van der Waals surface area (Å²) in [6.45, 7) is 5.89. The number of aryl methyl sites for hydroxylation is 1. The summed E-state index contributed by atoms with van der Waals surface area (Å²) in [6.07, 6.45) is 3.38. The Morgan fingerprint density at radius 1 is 1.32 bits per heavy atom. The minimum atomic E-state index is -0.142. The maximum absolute atomic E-state index is 12.2. The minimum Gasteiger partial charge on any atom is -0.350 e. The number of carbonyl (C=O) groups excluding carboxylic acids is 1. The molecule has 2 heterocycles. The van der Waals surface area contributed by atoms with E-state index < -0.39 is 0 Å². The van der Waals surface area contributed by atoms with E-state index in [-0.39, 0.29) is 11.9 Å². The standard InChI is InChI=1S/C17H18N4O/c1-10(2)20-17(22)13-8-18-16-15(13)21-14(9-19-16)12-6-4-5-11(3)7-12/h4-10H,1-3H3,(H,18,19)(H,20,22). The number of amides is 1. The van der Waals surface area contributed by atoms with Crippen LogP contribution in [-0.2, 0) is 0 Å². The molecule has 0 saturated heterocycles. The number of hydrogen-bond acceptors (Lipinski definition) is 3. The summed E-state index contributed by atoms with van der Waals surface area (Å²) in [5.74, 6) is -0.142. The molecule has 0 bridgehead atoms. The van der Waals surface area contributed by atoms with Gasteiger partial charge in [0.25, 0.3) is 5.91 Å². The summed E-state index contributed by atoms with van der Waals surface area (Å²) < 4.78 is 0. The van der Waals surface area contributed by atoms with Crippen molar-refractivity contribution in [1.82, 2.24) is 20.3 Å². The van der Waals surface area contributed by atoms with Gasteiger partial charge in [0.2, 0.25) is 0 Å². The summed E-state index contributed by atoms with van der Waals surface area (Å²) in [5, 5.41) is 2.88. The number of fused-ring (bicyclic) bond motifs is 1. The van der Waals surface area contributed by atoms with Gasteiger partial charge in [-0.15, -0.1) is 0 Å². The third kappa shape index (κ3) is 2.70. The highest BCUT2D eigenvalue weighted by atomic mass is 16.1. The van der Waals surface area contributed by atoms with Crippen LogP contribution in [0.1, 0.15) is 29.8 Å². The highest BCUT2D eigenvalue weighted by molar-refractivity contribution is 6.04. The van der Waals surface area contributed by atoms with E-state index in [0.717, 1.165) is 16.8 Å². The first kappa shape index (κ1) is 14.3. The van der Waals surface area contributed by atoms with Crippen LogP contribution in [0.4, 0.5) is 0 Å². The Hall–Kier alpha value is -2.69. The highest BCUT2D eigenvalue weighted by Gasteiger charge is 2.15. The summed E-state index contributed by atoms with van der Waals surface area (Å²) in [5.41, 5.74) is 4.64. The van der Waals surface area contributed by atoms with Gasteiger partial charge in [-0.25, -0.2) is 9.97 Å². The lowest BCUT2D eigenvalue weighted by Gasteiger charge is -2.07. The second kappa shape index (κ2) is 5.60. The zero-order valence-corrected chi connectivity index (χ0v) is 12.8. The van der Waals surface area contributed by atoms with Crippen molar-refractivity contribution in [2.45, 2.75) is 26.8 Å². The van der Waals surface area contributed by atoms with Crippen LogP contribution in [0.3, 0.4) is 0 Å². The Kier molecular flexibility index (Phi) is 3.63. The van der Waals surface area contributed by atoms with Crippen LogP contribution < -0.4 is 5.32 Å². The van der Waals surface area contributed by atoms with Crippen LogP contribution in [0.5, 0.6) is 0 Å². The average Bonchev–Trinajstić information content (AvgIpc) is 2.89. The van der Waals surface area contributed by atoms with Crippen LogP contribution in [0, 0.1) is 6.92 Å². The molecule has 0 aliphatic heterocycles. The molecule has 0 aliphatic carbocycles. The van der Waals surface area contributed by atoms with E-state index in [1.54, 1.807) is 12.4 Å². The fourth-order valence-electron chi connectivity index (χ4n) is 2.35. The van der Waals surface area contributed by atoms with E-state index >= 15 is 0 Å². The second-order valence-corrected chi connectivity index (χ2v) is 5.65. The molecule has 0 saturated carbocycles. The van der Waals surface area contributed by atoms with E-state index in [0.29, 0.717) is 16.7 Å². The lowest BCUT2D eigenvalue weighted by molar-refractivity contribution is 0.0944. The lowest BCUT2D eigenvalue weighted by Crippen LogP contribution is -2.29. The van der Waals surface area contributed by atoms with Gasteiger partial charge in [0.1, 0.15) is 5.52 Å². The monoisotopic (exact) mass is 294 g/mol. The molecule has 3 aromatic rings. The number of H-pyrrole nitrogens is 1. The van der Waals surface area contributed by atoms with Gasteiger partial charge in [0.05, 0.1) is 17.5 Å². The van der Waals surface area contributed by atoms with Crippen LogP contribution in [0.15, 0.2) is 36.7 Å². The van der Waals surface area contributed by atoms with Crippen molar-refractivity contribution in [2.24, 2.45) is 0 Å². The fraction of sp³-hybridized carbons (Fsp3) is 0.235. The number of carbonyl (C=O) groups is 1. The largest absolute Gasteiger partial charge is 0.350 e. The SMILES string of the molecule is Cc1cccc(-c2cnc3[nH]cc(C(=O)NC(C)C)c3n2)c1. The predicted molar refractivity (Wildman–Crippen MR) is 86.7 cm³/mol. The van der Waals surface area contributed by atoms with Crippen molar-refractivity contribution in [3.8, 4) is 11.3 Å². The summed E-state index contributed by atoms with van der Waals surface area (Å²) in [7, 11) is 0. The molecular formula is C17H18N4O. The Morgan fingerprint density at radius 3 is 2.86 bits per heavy atom. The molecule has 22 heavy (non-hydrogen) atoms. The normalized spacial score (nSPS) is 11.1. The van der Waals surface area contributed by atoms with Crippen molar-refractivity contribution in [1.29, 1.82) is 0 Å². The maximum Gasteiger partial charge on any atom is 0.255 e. The summed E-state index contributed by atoms with van der Waals surface area (Å²) in [6, 6.07) is 8.14. The molecule has 0 spiro atoms. The number of aromatic amines is 1. The number of rotatable bonds is 3. The molecule has 0 unspecified atom stereocenters. The molecule has 5 nitrogen and oxygen atoms in total. The number of hydrogen-bond donors (Lipinski definition) is 2. The topological polar surface area (TPSA) is 70.7 Å². The van der Waals surface area contributed by atoms with E-state index in [9.17, 15) is 4.79 Å². The fourth-order valence-corrected chi connectivity index (χ4v) is 2.35. The first-order valence-electron chi connectivity index (χ1n) is 7.26. The van der Waals surface area contributed by atoms with Gasteiger partial charge in [0.15, 0.2) is 5.65 Å². The van der Waals surface area contributed by atoms with Crippen LogP contribution >= 0.6 is 0 Å². The van der Waals surface area contributed by atoms with Crippen molar-refractivity contribution in [2.75, 3.05) is 0 Å². The first-order chi connectivity index (χ1) is 10.5. The van der Waals surface area contributed by atoms with Crippen LogP contribution in [0.25, 0.3) is 22.4 Å². The molecular weight excluding hydrogens is 276 g/mol. The molecule has 3 rings (SSSR count). The highest BCUT2D eigenvalue weighted by Crippen LogP contribution is 2.21. The Morgan fingerprint density at radius 2 is 2.14 bits per heavy atom. The van der Waals surface area contributed by atoms with E-state index in [4.69, 9.17) is 0 Å². The number of benzene rings is 1. The van der Waals surface area contributed by atoms with Gasteiger partial charge in [0, 0.05) is 17.8 Å². The number of aromatic nitrogens is 3. The smallest absolute Gasteiger partial charge is 0.255 e. The molecule has 5 heteroatoms. The van der Waals surface area contributed by atoms with Crippen molar-refractivity contribution in [3.63, 3.8) is 0 Å². The molecule has 0 aliphatic rings. The minimum absolute atomic E-state index is 0.0744. The number of nitrogens with zero attached hydrogens (tertiary/aromatic N) is 2. The van der Waals surface area contributed by atoms with Gasteiger partial charge >= 0.3 is 0 Å². The molecule has 1 aromatic carbocycles. The van der Waals surface area contributed by atoms with E-state index in [1.807, 2.05) is 39.0 Å². The lowest BCUT2D eigenvalue weighted by atomic mass is 10.1. The Labute approximate surface area is 128 Å². The third-order valence-electron chi connectivity index (χ3n) is 3.36. The van der Waals surface area contributed by atoms with Crippen LogP contribution in [0.2, 0.25) is 0 Å². The Balaban J connectivity index is 2.07. The average molecular weight is 294 g/mol.